The van der Waals surface area contributed by atoms with Crippen LogP contribution in [0.1, 0.15) is 25.7 Å². The third kappa shape index (κ3) is 4.42. The number of nitrogens with one attached hydrogen (secondary N) is 2. The molecule has 1 aromatic carbocycles. The van der Waals surface area contributed by atoms with Crippen molar-refractivity contribution in [2.45, 2.75) is 31.8 Å². The van der Waals surface area contributed by atoms with Crippen LogP contribution in [0.5, 0.6) is 0 Å². The second kappa shape index (κ2) is 7.56. The predicted molar refractivity (Wildman–Crippen MR) is 81.0 cm³/mol. The van der Waals surface area contributed by atoms with E-state index in [0.717, 1.165) is 37.8 Å². The standard InChI is InChI=1S/C15H18ClFN2O3/c16-11-7-10(17)5-6-12(11)19-15(22)14(21)18-8-9-3-1-2-4-13(9)20/h5-7,9,13,20H,1-4,8H2,(H,18,21)(H,19,22)/t9-,13-/m0/s1. The van der Waals surface area contributed by atoms with Crippen LogP contribution in [0.15, 0.2) is 18.2 Å². The Bertz CT molecular complexity index is 568. The van der Waals surface area contributed by atoms with Crippen LogP contribution in [0.25, 0.3) is 0 Å². The Balaban J connectivity index is 1.85. The van der Waals surface area contributed by atoms with Crippen molar-refractivity contribution in [1.29, 1.82) is 0 Å². The van der Waals surface area contributed by atoms with Gasteiger partial charge in [0.05, 0.1) is 16.8 Å². The van der Waals surface area contributed by atoms with Crippen molar-refractivity contribution in [3.8, 4) is 0 Å². The molecule has 0 saturated heterocycles. The summed E-state index contributed by atoms with van der Waals surface area (Å²) in [6.07, 6.45) is 3.10. The number of halogens is 2. The van der Waals surface area contributed by atoms with E-state index in [0.29, 0.717) is 0 Å². The maximum atomic E-state index is 12.9. The molecule has 0 radical (unpaired) electrons. The molecular weight excluding hydrogens is 311 g/mol. The molecule has 22 heavy (non-hydrogen) atoms. The highest BCUT2D eigenvalue weighted by Crippen LogP contribution is 2.24. The lowest BCUT2D eigenvalue weighted by Crippen LogP contribution is -2.41. The first-order valence-corrected chi connectivity index (χ1v) is 7.57. The Kier molecular flexibility index (Phi) is 5.74. The molecule has 2 amide bonds. The maximum absolute atomic E-state index is 12.9. The van der Waals surface area contributed by atoms with Crippen molar-refractivity contribution in [2.24, 2.45) is 5.92 Å². The van der Waals surface area contributed by atoms with Crippen molar-refractivity contribution in [1.82, 2.24) is 5.32 Å². The molecule has 0 bridgehead atoms. The second-order valence-electron chi connectivity index (χ2n) is 5.40. The van der Waals surface area contributed by atoms with E-state index in [9.17, 15) is 19.1 Å². The first-order valence-electron chi connectivity index (χ1n) is 7.19. The topological polar surface area (TPSA) is 78.4 Å². The fraction of sp³-hybridized carbons (Fsp3) is 0.467. The van der Waals surface area contributed by atoms with Crippen molar-refractivity contribution >= 4 is 29.1 Å². The van der Waals surface area contributed by atoms with Gasteiger partial charge < -0.3 is 15.7 Å². The van der Waals surface area contributed by atoms with Crippen LogP contribution in [0, 0.1) is 11.7 Å². The molecule has 1 aromatic rings. The van der Waals surface area contributed by atoms with Crippen molar-refractivity contribution in [3.63, 3.8) is 0 Å². The van der Waals surface area contributed by atoms with Gasteiger partial charge in [0.1, 0.15) is 5.82 Å². The summed E-state index contributed by atoms with van der Waals surface area (Å²) in [6, 6.07) is 3.47. The molecule has 2 atom stereocenters. The number of aliphatic hydroxyl groups excluding tert-OH is 1. The van der Waals surface area contributed by atoms with E-state index in [4.69, 9.17) is 11.6 Å². The zero-order chi connectivity index (χ0) is 16.1. The molecule has 0 spiro atoms. The molecule has 7 heteroatoms. The van der Waals surface area contributed by atoms with E-state index in [1.807, 2.05) is 0 Å². The first-order chi connectivity index (χ1) is 10.5. The van der Waals surface area contributed by atoms with E-state index in [-0.39, 0.29) is 23.2 Å². The Hall–Kier alpha value is -1.66. The summed E-state index contributed by atoms with van der Waals surface area (Å²) in [5, 5.41) is 14.7. The Labute approximate surface area is 132 Å². The van der Waals surface area contributed by atoms with Crippen LogP contribution in [0.4, 0.5) is 10.1 Å². The summed E-state index contributed by atoms with van der Waals surface area (Å²) in [6.45, 7) is 0.255. The number of rotatable bonds is 3. The van der Waals surface area contributed by atoms with E-state index >= 15 is 0 Å². The van der Waals surface area contributed by atoms with Gasteiger partial charge in [0, 0.05) is 12.5 Å². The monoisotopic (exact) mass is 328 g/mol. The highest BCUT2D eigenvalue weighted by atomic mass is 35.5. The van der Waals surface area contributed by atoms with Gasteiger partial charge in [0.2, 0.25) is 0 Å². The second-order valence-corrected chi connectivity index (χ2v) is 5.81. The molecule has 0 heterocycles. The van der Waals surface area contributed by atoms with Gasteiger partial charge in [0.15, 0.2) is 0 Å². The van der Waals surface area contributed by atoms with Crippen molar-refractivity contribution < 1.29 is 19.1 Å². The lowest BCUT2D eigenvalue weighted by atomic mass is 9.86. The van der Waals surface area contributed by atoms with Gasteiger partial charge in [-0.05, 0) is 31.0 Å². The first kappa shape index (κ1) is 16.7. The Morgan fingerprint density at radius 1 is 1.27 bits per heavy atom. The van der Waals surface area contributed by atoms with E-state index < -0.39 is 23.7 Å². The summed E-state index contributed by atoms with van der Waals surface area (Å²) in [7, 11) is 0. The molecule has 1 saturated carbocycles. The number of amides is 2. The molecule has 0 unspecified atom stereocenters. The van der Waals surface area contributed by atoms with E-state index in [2.05, 4.69) is 10.6 Å². The van der Waals surface area contributed by atoms with E-state index in [1.165, 1.54) is 6.07 Å². The van der Waals surface area contributed by atoms with E-state index in [1.54, 1.807) is 0 Å². The molecule has 2 rings (SSSR count). The largest absolute Gasteiger partial charge is 0.393 e. The van der Waals surface area contributed by atoms with Gasteiger partial charge in [-0.15, -0.1) is 0 Å². The molecule has 0 aromatic heterocycles. The van der Waals surface area contributed by atoms with Crippen LogP contribution < -0.4 is 10.6 Å². The number of carbonyl (C=O) groups excluding carboxylic acids is 2. The summed E-state index contributed by atoms with van der Waals surface area (Å²) >= 11 is 5.78. The highest BCUT2D eigenvalue weighted by molar-refractivity contribution is 6.41. The average Bonchev–Trinajstić information content (AvgIpc) is 2.49. The molecule has 3 N–H and O–H groups in total. The van der Waals surface area contributed by atoms with Gasteiger partial charge in [-0.25, -0.2) is 4.39 Å². The predicted octanol–water partition coefficient (Wildman–Crippen LogP) is 2.08. The van der Waals surface area contributed by atoms with Crippen molar-refractivity contribution in [2.75, 3.05) is 11.9 Å². The molecule has 1 aliphatic rings. The summed E-state index contributed by atoms with van der Waals surface area (Å²) in [4.78, 5) is 23.5. The number of anilines is 1. The normalized spacial score (nSPS) is 21.2. The highest BCUT2D eigenvalue weighted by Gasteiger charge is 2.24. The van der Waals surface area contributed by atoms with Gasteiger partial charge >= 0.3 is 11.8 Å². The number of carbonyl (C=O) groups is 2. The fourth-order valence-corrected chi connectivity index (χ4v) is 2.71. The van der Waals surface area contributed by atoms with Crippen LogP contribution in [0.2, 0.25) is 5.02 Å². The number of aliphatic hydroxyl groups is 1. The van der Waals surface area contributed by atoms with Crippen LogP contribution in [0.3, 0.4) is 0 Å². The maximum Gasteiger partial charge on any atom is 0.313 e. The molecule has 5 nitrogen and oxygen atoms in total. The van der Waals surface area contributed by atoms with Gasteiger partial charge in [-0.1, -0.05) is 24.4 Å². The minimum atomic E-state index is -0.876. The van der Waals surface area contributed by atoms with Crippen LogP contribution in [-0.4, -0.2) is 29.6 Å². The lowest BCUT2D eigenvalue weighted by Gasteiger charge is -2.27. The Morgan fingerprint density at radius 3 is 2.68 bits per heavy atom. The SMILES string of the molecule is O=C(NC[C@@H]1CCCC[C@@H]1O)C(=O)Nc1ccc(F)cc1Cl. The van der Waals surface area contributed by atoms with Gasteiger partial charge in [-0.3, -0.25) is 9.59 Å². The molecular formula is C15H18ClFN2O3. The fourth-order valence-electron chi connectivity index (χ4n) is 2.50. The van der Waals surface area contributed by atoms with Crippen LogP contribution >= 0.6 is 11.6 Å². The average molecular weight is 329 g/mol. The molecule has 1 fully saturated rings. The summed E-state index contributed by atoms with van der Waals surface area (Å²) in [5.41, 5.74) is 0.168. The zero-order valence-electron chi connectivity index (χ0n) is 11.9. The van der Waals surface area contributed by atoms with Crippen molar-refractivity contribution in [3.05, 3.63) is 29.0 Å². The smallest absolute Gasteiger partial charge is 0.313 e. The molecule has 0 aliphatic heterocycles. The Morgan fingerprint density at radius 2 is 2.00 bits per heavy atom. The van der Waals surface area contributed by atoms with Gasteiger partial charge in [0.25, 0.3) is 0 Å². The third-order valence-corrected chi connectivity index (χ3v) is 4.09. The minimum absolute atomic E-state index is 0.0175. The van der Waals surface area contributed by atoms with Gasteiger partial charge in [-0.2, -0.15) is 0 Å². The van der Waals surface area contributed by atoms with Crippen LogP contribution in [-0.2, 0) is 9.59 Å². The minimum Gasteiger partial charge on any atom is -0.393 e. The molecule has 1 aliphatic carbocycles. The third-order valence-electron chi connectivity index (χ3n) is 3.78. The molecule has 120 valence electrons. The summed E-state index contributed by atoms with van der Waals surface area (Å²) < 4.78 is 12.9. The summed E-state index contributed by atoms with van der Waals surface area (Å²) in [5.74, 6) is -2.24. The number of hydrogen-bond donors (Lipinski definition) is 3. The zero-order valence-corrected chi connectivity index (χ0v) is 12.7. The number of benzene rings is 1. The lowest BCUT2D eigenvalue weighted by molar-refractivity contribution is -0.136. The number of hydrogen-bond acceptors (Lipinski definition) is 3. The quantitative estimate of drug-likeness (QED) is 0.743.